The molecule has 0 aliphatic heterocycles. The number of methoxy groups -OCH3 is 1. The standard InChI is InChI=1S/C26H44BrNO3/c1-3-4-5-6-7-8-9-10-11-12-13-14-15-16-19-28-26(29)24-22-23(27)17-18-25(24)31-21-20-30-2/h17-18,22H,3-16,19-21H2,1-2H3,(H,28,29). The van der Waals surface area contributed by atoms with Crippen molar-refractivity contribution < 1.29 is 14.3 Å². The van der Waals surface area contributed by atoms with Crippen LogP contribution in [0.3, 0.4) is 0 Å². The Hall–Kier alpha value is -1.07. The van der Waals surface area contributed by atoms with Gasteiger partial charge in [0.15, 0.2) is 0 Å². The zero-order chi connectivity index (χ0) is 22.6. The topological polar surface area (TPSA) is 47.6 Å². The largest absolute Gasteiger partial charge is 0.490 e. The smallest absolute Gasteiger partial charge is 0.255 e. The first-order valence-corrected chi connectivity index (χ1v) is 13.2. The molecule has 0 aliphatic rings. The van der Waals surface area contributed by atoms with E-state index in [1.807, 2.05) is 18.2 Å². The fraction of sp³-hybridized carbons (Fsp3) is 0.731. The van der Waals surface area contributed by atoms with E-state index in [0.29, 0.717) is 31.1 Å². The van der Waals surface area contributed by atoms with E-state index < -0.39 is 0 Å². The number of hydrogen-bond donors (Lipinski definition) is 1. The van der Waals surface area contributed by atoms with Gasteiger partial charge in [-0.2, -0.15) is 0 Å². The Kier molecular flexibility index (Phi) is 17.7. The van der Waals surface area contributed by atoms with Crippen molar-refractivity contribution in [2.24, 2.45) is 0 Å². The molecule has 0 aromatic heterocycles. The molecule has 5 heteroatoms. The molecule has 1 aromatic carbocycles. The van der Waals surface area contributed by atoms with E-state index in [-0.39, 0.29) is 5.91 Å². The van der Waals surface area contributed by atoms with E-state index in [1.165, 1.54) is 83.5 Å². The number of benzene rings is 1. The van der Waals surface area contributed by atoms with Gasteiger partial charge in [-0.25, -0.2) is 0 Å². The molecule has 1 aromatic rings. The summed E-state index contributed by atoms with van der Waals surface area (Å²) < 4.78 is 11.6. The maximum atomic E-state index is 12.5. The van der Waals surface area contributed by atoms with E-state index in [2.05, 4.69) is 28.2 Å². The molecule has 31 heavy (non-hydrogen) atoms. The summed E-state index contributed by atoms with van der Waals surface area (Å²) in [6, 6.07) is 5.51. The van der Waals surface area contributed by atoms with Crippen molar-refractivity contribution in [2.45, 2.75) is 96.8 Å². The summed E-state index contributed by atoms with van der Waals surface area (Å²) in [6.45, 7) is 3.91. The number of carbonyl (C=O) groups excluding carboxylic acids is 1. The highest BCUT2D eigenvalue weighted by Crippen LogP contribution is 2.23. The van der Waals surface area contributed by atoms with Crippen LogP contribution in [0.15, 0.2) is 22.7 Å². The first-order chi connectivity index (χ1) is 15.2. The summed E-state index contributed by atoms with van der Waals surface area (Å²) in [6.07, 6.45) is 18.7. The zero-order valence-corrected chi connectivity index (χ0v) is 21.4. The number of hydrogen-bond acceptors (Lipinski definition) is 3. The van der Waals surface area contributed by atoms with Crippen LogP contribution >= 0.6 is 15.9 Å². The van der Waals surface area contributed by atoms with Crippen LogP contribution in [0.5, 0.6) is 5.75 Å². The zero-order valence-electron chi connectivity index (χ0n) is 19.9. The Balaban J connectivity index is 2.04. The fourth-order valence-corrected chi connectivity index (χ4v) is 4.02. The Morgan fingerprint density at radius 3 is 1.94 bits per heavy atom. The Labute approximate surface area is 199 Å². The van der Waals surface area contributed by atoms with Gasteiger partial charge < -0.3 is 14.8 Å². The van der Waals surface area contributed by atoms with Crippen LogP contribution in [0.25, 0.3) is 0 Å². The first-order valence-electron chi connectivity index (χ1n) is 12.4. The second kappa shape index (κ2) is 19.6. The second-order valence-electron chi connectivity index (χ2n) is 8.33. The third-order valence-corrected chi connectivity index (χ3v) is 6.04. The van der Waals surface area contributed by atoms with Gasteiger partial charge in [-0.3, -0.25) is 4.79 Å². The van der Waals surface area contributed by atoms with E-state index in [4.69, 9.17) is 9.47 Å². The Bertz CT molecular complexity index is 580. The van der Waals surface area contributed by atoms with Crippen LogP contribution in [0.4, 0.5) is 0 Å². The van der Waals surface area contributed by atoms with Gasteiger partial charge in [-0.05, 0) is 24.6 Å². The van der Waals surface area contributed by atoms with Crippen molar-refractivity contribution in [3.8, 4) is 5.75 Å². The second-order valence-corrected chi connectivity index (χ2v) is 9.25. The Morgan fingerprint density at radius 1 is 0.839 bits per heavy atom. The average Bonchev–Trinajstić information content (AvgIpc) is 2.77. The first kappa shape index (κ1) is 28.0. The van der Waals surface area contributed by atoms with Crippen LogP contribution in [0.2, 0.25) is 0 Å². The molecule has 0 unspecified atom stereocenters. The van der Waals surface area contributed by atoms with E-state index in [9.17, 15) is 4.79 Å². The van der Waals surface area contributed by atoms with Crippen LogP contribution in [0, 0.1) is 0 Å². The van der Waals surface area contributed by atoms with E-state index in [0.717, 1.165) is 10.9 Å². The van der Waals surface area contributed by atoms with Crippen molar-refractivity contribution in [1.82, 2.24) is 5.32 Å². The van der Waals surface area contributed by atoms with E-state index in [1.54, 1.807) is 7.11 Å². The molecule has 0 saturated carbocycles. The number of rotatable bonds is 20. The molecule has 0 spiro atoms. The molecule has 0 atom stereocenters. The maximum Gasteiger partial charge on any atom is 0.255 e. The predicted octanol–water partition coefficient (Wildman–Crippen LogP) is 7.69. The molecular weight excluding hydrogens is 454 g/mol. The molecule has 178 valence electrons. The minimum absolute atomic E-state index is 0.0802. The summed E-state index contributed by atoms with van der Waals surface area (Å²) in [5.41, 5.74) is 0.566. The lowest BCUT2D eigenvalue weighted by molar-refractivity contribution is 0.0945. The third-order valence-electron chi connectivity index (χ3n) is 5.55. The van der Waals surface area contributed by atoms with Crippen LogP contribution < -0.4 is 10.1 Å². The number of nitrogens with one attached hydrogen (secondary N) is 1. The summed E-state index contributed by atoms with van der Waals surface area (Å²) in [4.78, 5) is 12.5. The number of ether oxygens (including phenoxy) is 2. The highest BCUT2D eigenvalue weighted by molar-refractivity contribution is 9.10. The summed E-state index contributed by atoms with van der Waals surface area (Å²) in [7, 11) is 1.63. The Morgan fingerprint density at radius 2 is 1.39 bits per heavy atom. The molecule has 0 saturated heterocycles. The van der Waals surface area contributed by atoms with Crippen molar-refractivity contribution in [2.75, 3.05) is 26.9 Å². The summed E-state index contributed by atoms with van der Waals surface area (Å²) in [5.74, 6) is 0.516. The number of carbonyl (C=O) groups is 1. The van der Waals surface area contributed by atoms with Crippen LogP contribution in [-0.4, -0.2) is 32.8 Å². The van der Waals surface area contributed by atoms with Gasteiger partial charge in [0, 0.05) is 18.1 Å². The van der Waals surface area contributed by atoms with Crippen molar-refractivity contribution in [3.05, 3.63) is 28.2 Å². The van der Waals surface area contributed by atoms with Crippen molar-refractivity contribution in [1.29, 1.82) is 0 Å². The van der Waals surface area contributed by atoms with Gasteiger partial charge in [-0.15, -0.1) is 0 Å². The highest BCUT2D eigenvalue weighted by Gasteiger charge is 2.13. The number of unbranched alkanes of at least 4 members (excludes halogenated alkanes) is 13. The van der Waals surface area contributed by atoms with Crippen molar-refractivity contribution in [3.63, 3.8) is 0 Å². The van der Waals surface area contributed by atoms with Gasteiger partial charge in [0.1, 0.15) is 12.4 Å². The fourth-order valence-electron chi connectivity index (χ4n) is 3.66. The van der Waals surface area contributed by atoms with Gasteiger partial charge in [0.25, 0.3) is 5.91 Å². The van der Waals surface area contributed by atoms with Crippen LogP contribution in [0.1, 0.15) is 107 Å². The van der Waals surface area contributed by atoms with Crippen molar-refractivity contribution >= 4 is 21.8 Å². The molecule has 0 bridgehead atoms. The molecule has 4 nitrogen and oxygen atoms in total. The SMILES string of the molecule is CCCCCCCCCCCCCCCCNC(=O)c1cc(Br)ccc1OCCOC. The summed E-state index contributed by atoms with van der Waals surface area (Å²) in [5, 5.41) is 3.03. The lowest BCUT2D eigenvalue weighted by Gasteiger charge is -2.12. The highest BCUT2D eigenvalue weighted by atomic mass is 79.9. The molecule has 1 amide bonds. The van der Waals surface area contributed by atoms with Gasteiger partial charge in [0.2, 0.25) is 0 Å². The molecule has 1 rings (SSSR count). The molecule has 0 fully saturated rings. The lowest BCUT2D eigenvalue weighted by atomic mass is 10.0. The van der Waals surface area contributed by atoms with Gasteiger partial charge in [-0.1, -0.05) is 106 Å². The third kappa shape index (κ3) is 14.6. The normalized spacial score (nSPS) is 10.9. The number of amides is 1. The number of halogens is 1. The molecule has 0 radical (unpaired) electrons. The molecular formula is C26H44BrNO3. The quantitative estimate of drug-likeness (QED) is 0.188. The monoisotopic (exact) mass is 497 g/mol. The minimum atomic E-state index is -0.0802. The summed E-state index contributed by atoms with van der Waals surface area (Å²) >= 11 is 3.44. The van der Waals surface area contributed by atoms with E-state index >= 15 is 0 Å². The van der Waals surface area contributed by atoms with Crippen LogP contribution in [-0.2, 0) is 4.74 Å². The van der Waals surface area contributed by atoms with Gasteiger partial charge >= 0.3 is 0 Å². The predicted molar refractivity (Wildman–Crippen MR) is 134 cm³/mol. The van der Waals surface area contributed by atoms with Gasteiger partial charge in [0.05, 0.1) is 12.2 Å². The minimum Gasteiger partial charge on any atom is -0.490 e. The average molecular weight is 499 g/mol. The maximum absolute atomic E-state index is 12.5. The molecule has 0 heterocycles. The molecule has 1 N–H and O–H groups in total. The lowest BCUT2D eigenvalue weighted by Crippen LogP contribution is -2.25. The molecule has 0 aliphatic carbocycles.